The van der Waals surface area contributed by atoms with Crippen molar-refractivity contribution in [2.24, 2.45) is 0 Å². The molecular formula is C18H21NO4. The van der Waals surface area contributed by atoms with Crippen molar-refractivity contribution in [3.63, 3.8) is 0 Å². The van der Waals surface area contributed by atoms with Crippen molar-refractivity contribution in [2.75, 3.05) is 7.11 Å². The van der Waals surface area contributed by atoms with Crippen molar-refractivity contribution >= 4 is 17.7 Å². The zero-order valence-electron chi connectivity index (χ0n) is 13.6. The van der Waals surface area contributed by atoms with Crippen LogP contribution >= 0.6 is 0 Å². The lowest BCUT2D eigenvalue weighted by atomic mass is 10.1. The number of carbonyl (C=O) groups excluding carboxylic acids is 3. The molecule has 0 bridgehead atoms. The maximum absolute atomic E-state index is 12.1. The number of hydrogen-bond donors (Lipinski definition) is 1. The minimum absolute atomic E-state index is 0.158. The van der Waals surface area contributed by atoms with E-state index in [4.69, 9.17) is 0 Å². The molecule has 0 aromatic heterocycles. The van der Waals surface area contributed by atoms with Crippen LogP contribution in [0, 0.1) is 11.8 Å². The minimum Gasteiger partial charge on any atom is -0.467 e. The second-order valence-electron chi connectivity index (χ2n) is 5.16. The quantitative estimate of drug-likeness (QED) is 0.496. The van der Waals surface area contributed by atoms with Gasteiger partial charge in [-0.3, -0.25) is 4.79 Å². The summed E-state index contributed by atoms with van der Waals surface area (Å²) < 4.78 is 4.57. The lowest BCUT2D eigenvalue weighted by Crippen LogP contribution is -2.39. The standard InChI is InChI=1S/C18H21NO4/c1-13(20)8-5-4-6-9-15-10-7-11-16(12-15)17(21)19-14(2)18(22)23-3/h7,10-12,14H,4-5,8H2,1-3H3,(H,19,21)/t14-/m0/s1. The molecule has 1 N–H and O–H groups in total. The van der Waals surface area contributed by atoms with E-state index in [1.165, 1.54) is 7.11 Å². The Kier molecular flexibility index (Phi) is 7.55. The molecule has 1 amide bonds. The summed E-state index contributed by atoms with van der Waals surface area (Å²) in [7, 11) is 1.27. The van der Waals surface area contributed by atoms with Gasteiger partial charge < -0.3 is 14.8 Å². The van der Waals surface area contributed by atoms with Crippen molar-refractivity contribution in [3.8, 4) is 11.8 Å². The number of amides is 1. The summed E-state index contributed by atoms with van der Waals surface area (Å²) in [5.41, 5.74) is 1.14. The summed E-state index contributed by atoms with van der Waals surface area (Å²) in [6.45, 7) is 3.12. The molecule has 0 fully saturated rings. The molecule has 0 unspecified atom stereocenters. The molecule has 0 spiro atoms. The Morgan fingerprint density at radius 3 is 2.70 bits per heavy atom. The Bertz CT molecular complexity index is 640. The number of nitrogens with one attached hydrogen (secondary N) is 1. The van der Waals surface area contributed by atoms with Gasteiger partial charge in [0.25, 0.3) is 5.91 Å². The first kappa shape index (κ1) is 18.4. The van der Waals surface area contributed by atoms with Crippen LogP contribution in [0.15, 0.2) is 24.3 Å². The van der Waals surface area contributed by atoms with Crippen molar-refractivity contribution in [1.29, 1.82) is 0 Å². The van der Waals surface area contributed by atoms with Crippen molar-refractivity contribution in [1.82, 2.24) is 5.32 Å². The largest absolute Gasteiger partial charge is 0.467 e. The average Bonchev–Trinajstić information content (AvgIpc) is 2.53. The highest BCUT2D eigenvalue weighted by atomic mass is 16.5. The van der Waals surface area contributed by atoms with Crippen LogP contribution in [0.25, 0.3) is 0 Å². The van der Waals surface area contributed by atoms with Crippen LogP contribution in [0.3, 0.4) is 0 Å². The second kappa shape index (κ2) is 9.42. The fourth-order valence-corrected chi connectivity index (χ4v) is 1.84. The Balaban J connectivity index is 2.66. The molecule has 0 saturated carbocycles. The first-order chi connectivity index (χ1) is 10.9. The number of esters is 1. The van der Waals surface area contributed by atoms with Crippen LogP contribution in [0.4, 0.5) is 0 Å². The van der Waals surface area contributed by atoms with E-state index in [1.807, 2.05) is 0 Å². The maximum atomic E-state index is 12.1. The van der Waals surface area contributed by atoms with E-state index < -0.39 is 12.0 Å². The summed E-state index contributed by atoms with van der Waals surface area (Å²) in [6.07, 6.45) is 1.90. The van der Waals surface area contributed by atoms with E-state index in [2.05, 4.69) is 21.9 Å². The van der Waals surface area contributed by atoms with E-state index >= 15 is 0 Å². The van der Waals surface area contributed by atoms with E-state index in [-0.39, 0.29) is 11.7 Å². The van der Waals surface area contributed by atoms with Gasteiger partial charge in [0.1, 0.15) is 11.8 Å². The van der Waals surface area contributed by atoms with Gasteiger partial charge in [-0.1, -0.05) is 17.9 Å². The van der Waals surface area contributed by atoms with Crippen LogP contribution in [0.2, 0.25) is 0 Å². The van der Waals surface area contributed by atoms with Gasteiger partial charge in [-0.25, -0.2) is 4.79 Å². The molecule has 0 radical (unpaired) electrons. The van der Waals surface area contributed by atoms with E-state index in [0.717, 1.165) is 6.42 Å². The highest BCUT2D eigenvalue weighted by Gasteiger charge is 2.16. The van der Waals surface area contributed by atoms with Crippen LogP contribution in [0.5, 0.6) is 0 Å². The predicted molar refractivity (Wildman–Crippen MR) is 86.8 cm³/mol. The fraction of sp³-hybridized carbons (Fsp3) is 0.389. The summed E-state index contributed by atoms with van der Waals surface area (Å²) in [6, 6.07) is 6.14. The third-order valence-corrected chi connectivity index (χ3v) is 3.09. The zero-order chi connectivity index (χ0) is 17.2. The maximum Gasteiger partial charge on any atom is 0.328 e. The molecule has 1 rings (SSSR count). The lowest BCUT2D eigenvalue weighted by molar-refractivity contribution is -0.142. The van der Waals surface area contributed by atoms with Gasteiger partial charge in [0.2, 0.25) is 0 Å². The van der Waals surface area contributed by atoms with Gasteiger partial charge in [0, 0.05) is 24.0 Å². The summed E-state index contributed by atoms with van der Waals surface area (Å²) in [5, 5.41) is 2.56. The minimum atomic E-state index is -0.714. The third kappa shape index (κ3) is 6.79. The number of rotatable bonds is 6. The molecule has 1 aromatic carbocycles. The fourth-order valence-electron chi connectivity index (χ4n) is 1.84. The predicted octanol–water partition coefficient (Wildman–Crippen LogP) is 2.09. The van der Waals surface area contributed by atoms with E-state index in [0.29, 0.717) is 24.0 Å². The highest BCUT2D eigenvalue weighted by molar-refractivity contribution is 5.96. The normalized spacial score (nSPS) is 10.9. The Morgan fingerprint density at radius 1 is 1.30 bits per heavy atom. The summed E-state index contributed by atoms with van der Waals surface area (Å²) >= 11 is 0. The van der Waals surface area contributed by atoms with Gasteiger partial charge in [0.05, 0.1) is 7.11 Å². The molecule has 0 aliphatic carbocycles. The number of methoxy groups -OCH3 is 1. The molecule has 23 heavy (non-hydrogen) atoms. The van der Waals surface area contributed by atoms with Crippen LogP contribution in [-0.4, -0.2) is 30.8 Å². The SMILES string of the molecule is COC(=O)[C@H](C)NC(=O)c1cccc(C#CCCCC(C)=O)c1. The summed E-state index contributed by atoms with van der Waals surface area (Å²) in [5.74, 6) is 5.25. The lowest BCUT2D eigenvalue weighted by Gasteiger charge is -2.11. The second-order valence-corrected chi connectivity index (χ2v) is 5.16. The Hall–Kier alpha value is -2.61. The first-order valence-corrected chi connectivity index (χ1v) is 7.41. The molecule has 0 saturated heterocycles. The molecule has 5 heteroatoms. The molecule has 0 aliphatic heterocycles. The Morgan fingerprint density at radius 2 is 2.04 bits per heavy atom. The number of unbranched alkanes of at least 4 members (excludes halogenated alkanes) is 1. The zero-order valence-corrected chi connectivity index (χ0v) is 13.6. The number of Topliss-reactive ketones (excluding diaryl/α,β-unsaturated/α-hetero) is 1. The number of benzene rings is 1. The average molecular weight is 315 g/mol. The van der Waals surface area contributed by atoms with Crippen LogP contribution < -0.4 is 5.32 Å². The molecule has 0 heterocycles. The number of ether oxygens (including phenoxy) is 1. The molecule has 1 atom stereocenters. The molecular weight excluding hydrogens is 294 g/mol. The number of hydrogen-bond acceptors (Lipinski definition) is 4. The topological polar surface area (TPSA) is 72.5 Å². The molecule has 5 nitrogen and oxygen atoms in total. The number of carbonyl (C=O) groups is 3. The van der Waals surface area contributed by atoms with Gasteiger partial charge in [-0.15, -0.1) is 0 Å². The van der Waals surface area contributed by atoms with Gasteiger partial charge >= 0.3 is 5.97 Å². The van der Waals surface area contributed by atoms with Crippen molar-refractivity contribution in [3.05, 3.63) is 35.4 Å². The van der Waals surface area contributed by atoms with Crippen LogP contribution in [0.1, 0.15) is 49.0 Å². The van der Waals surface area contributed by atoms with Gasteiger partial charge in [0.15, 0.2) is 0 Å². The highest BCUT2D eigenvalue weighted by Crippen LogP contribution is 2.05. The van der Waals surface area contributed by atoms with E-state index in [9.17, 15) is 14.4 Å². The van der Waals surface area contributed by atoms with Crippen molar-refractivity contribution < 1.29 is 19.1 Å². The number of ketones is 1. The third-order valence-electron chi connectivity index (χ3n) is 3.09. The molecule has 122 valence electrons. The molecule has 1 aromatic rings. The first-order valence-electron chi connectivity index (χ1n) is 7.41. The smallest absolute Gasteiger partial charge is 0.328 e. The van der Waals surface area contributed by atoms with Crippen molar-refractivity contribution in [2.45, 2.75) is 39.2 Å². The van der Waals surface area contributed by atoms with Gasteiger partial charge in [-0.05, 0) is 38.5 Å². The Labute approximate surface area is 136 Å². The summed E-state index contributed by atoms with van der Waals surface area (Å²) in [4.78, 5) is 34.2. The molecule has 0 aliphatic rings. The van der Waals surface area contributed by atoms with Gasteiger partial charge in [-0.2, -0.15) is 0 Å². The monoisotopic (exact) mass is 315 g/mol. The van der Waals surface area contributed by atoms with Crippen LogP contribution in [-0.2, 0) is 14.3 Å². The van der Waals surface area contributed by atoms with E-state index in [1.54, 1.807) is 38.1 Å².